The SMILES string of the molecule is CC(C)(C)CC(C)(C)NC1CCc2cc(F)ccc21. The zero-order valence-corrected chi connectivity index (χ0v) is 12.8. The molecule has 1 aromatic carbocycles. The van der Waals surface area contributed by atoms with Gasteiger partial charge in [0.1, 0.15) is 5.82 Å². The van der Waals surface area contributed by atoms with Gasteiger partial charge in [-0.05, 0) is 61.8 Å². The van der Waals surface area contributed by atoms with E-state index in [0.717, 1.165) is 19.3 Å². The fraction of sp³-hybridized carbons (Fsp3) is 0.647. The van der Waals surface area contributed by atoms with Crippen molar-refractivity contribution in [2.24, 2.45) is 5.41 Å². The number of benzene rings is 1. The summed E-state index contributed by atoms with van der Waals surface area (Å²) >= 11 is 0. The molecule has 106 valence electrons. The van der Waals surface area contributed by atoms with Gasteiger partial charge in [0.05, 0.1) is 0 Å². The Bertz CT molecular complexity index is 457. The van der Waals surface area contributed by atoms with Crippen molar-refractivity contribution in [3.8, 4) is 0 Å². The molecule has 1 aliphatic carbocycles. The van der Waals surface area contributed by atoms with E-state index >= 15 is 0 Å². The molecule has 0 spiro atoms. The maximum atomic E-state index is 13.2. The second kappa shape index (κ2) is 4.90. The molecule has 0 aromatic heterocycles. The molecule has 1 N–H and O–H groups in total. The van der Waals surface area contributed by atoms with Crippen LogP contribution in [0.15, 0.2) is 18.2 Å². The maximum absolute atomic E-state index is 13.2. The van der Waals surface area contributed by atoms with Gasteiger partial charge >= 0.3 is 0 Å². The Kier molecular flexibility index (Phi) is 3.74. The van der Waals surface area contributed by atoms with E-state index in [1.54, 1.807) is 12.1 Å². The van der Waals surface area contributed by atoms with Gasteiger partial charge in [0.25, 0.3) is 0 Å². The van der Waals surface area contributed by atoms with Crippen molar-refractivity contribution in [3.63, 3.8) is 0 Å². The van der Waals surface area contributed by atoms with Gasteiger partial charge in [-0.2, -0.15) is 0 Å². The summed E-state index contributed by atoms with van der Waals surface area (Å²) in [5, 5.41) is 3.76. The summed E-state index contributed by atoms with van der Waals surface area (Å²) in [6.45, 7) is 11.3. The highest BCUT2D eigenvalue weighted by Crippen LogP contribution is 2.35. The zero-order valence-electron chi connectivity index (χ0n) is 12.8. The van der Waals surface area contributed by atoms with Gasteiger partial charge in [-0.25, -0.2) is 4.39 Å². The van der Waals surface area contributed by atoms with Crippen LogP contribution < -0.4 is 5.32 Å². The molecule has 1 aromatic rings. The van der Waals surface area contributed by atoms with E-state index in [4.69, 9.17) is 0 Å². The topological polar surface area (TPSA) is 12.0 Å². The molecular weight excluding hydrogens is 237 g/mol. The minimum atomic E-state index is -0.117. The van der Waals surface area contributed by atoms with Crippen LogP contribution in [0.3, 0.4) is 0 Å². The molecule has 2 heteroatoms. The molecule has 0 fully saturated rings. The Hall–Kier alpha value is -0.890. The average Bonchev–Trinajstić information content (AvgIpc) is 2.56. The second-order valence-corrected chi connectivity index (χ2v) is 7.70. The van der Waals surface area contributed by atoms with Crippen molar-refractivity contribution in [1.82, 2.24) is 5.32 Å². The van der Waals surface area contributed by atoms with E-state index in [0.29, 0.717) is 11.5 Å². The lowest BCUT2D eigenvalue weighted by Gasteiger charge is -2.36. The van der Waals surface area contributed by atoms with Gasteiger partial charge in [-0.15, -0.1) is 0 Å². The van der Waals surface area contributed by atoms with Gasteiger partial charge in [-0.1, -0.05) is 26.8 Å². The number of hydrogen-bond acceptors (Lipinski definition) is 1. The minimum absolute atomic E-state index is 0.0961. The third-order valence-corrected chi connectivity index (χ3v) is 3.72. The highest BCUT2D eigenvalue weighted by Gasteiger charge is 2.31. The Labute approximate surface area is 116 Å². The summed E-state index contributed by atoms with van der Waals surface area (Å²) in [7, 11) is 0. The van der Waals surface area contributed by atoms with E-state index in [2.05, 4.69) is 39.9 Å². The summed E-state index contributed by atoms with van der Waals surface area (Å²) in [6, 6.07) is 5.58. The molecule has 1 unspecified atom stereocenters. The van der Waals surface area contributed by atoms with Crippen molar-refractivity contribution in [1.29, 1.82) is 0 Å². The van der Waals surface area contributed by atoms with Gasteiger partial charge in [0, 0.05) is 11.6 Å². The lowest BCUT2D eigenvalue weighted by atomic mass is 9.81. The van der Waals surface area contributed by atoms with E-state index in [1.165, 1.54) is 11.1 Å². The monoisotopic (exact) mass is 263 g/mol. The van der Waals surface area contributed by atoms with Crippen LogP contribution in [-0.4, -0.2) is 5.54 Å². The smallest absolute Gasteiger partial charge is 0.123 e. The molecule has 1 atom stereocenters. The first-order valence-corrected chi connectivity index (χ1v) is 7.22. The number of hydrogen-bond donors (Lipinski definition) is 1. The Morgan fingerprint density at radius 1 is 1.21 bits per heavy atom. The molecule has 0 bridgehead atoms. The van der Waals surface area contributed by atoms with E-state index in [-0.39, 0.29) is 11.4 Å². The molecule has 0 saturated heterocycles. The molecule has 0 saturated carbocycles. The third kappa shape index (κ3) is 3.79. The van der Waals surface area contributed by atoms with Crippen molar-refractivity contribution >= 4 is 0 Å². The summed E-state index contributed by atoms with van der Waals surface area (Å²) in [6.07, 6.45) is 3.18. The molecule has 0 amide bonds. The van der Waals surface area contributed by atoms with Crippen LogP contribution in [0.2, 0.25) is 0 Å². The molecule has 0 aliphatic heterocycles. The average molecular weight is 263 g/mol. The summed E-state index contributed by atoms with van der Waals surface area (Å²) in [5.74, 6) is -0.117. The Balaban J connectivity index is 2.10. The standard InChI is InChI=1S/C17H26FN/c1-16(2,3)11-17(4,5)19-15-9-6-12-10-13(18)7-8-14(12)15/h7-8,10,15,19H,6,9,11H2,1-5H3. The molecule has 1 aliphatic rings. The fourth-order valence-electron chi connectivity index (χ4n) is 3.58. The number of aryl methyl sites for hydroxylation is 1. The van der Waals surface area contributed by atoms with Crippen molar-refractivity contribution in [3.05, 3.63) is 35.1 Å². The van der Waals surface area contributed by atoms with E-state index in [1.807, 2.05) is 6.07 Å². The van der Waals surface area contributed by atoms with Crippen LogP contribution in [0.4, 0.5) is 4.39 Å². The molecule has 1 nitrogen and oxygen atoms in total. The first-order chi connectivity index (χ1) is 8.66. The molecule has 0 heterocycles. The Morgan fingerprint density at radius 3 is 2.53 bits per heavy atom. The number of nitrogens with one attached hydrogen (secondary N) is 1. The van der Waals surface area contributed by atoms with Gasteiger partial charge in [0.15, 0.2) is 0 Å². The zero-order chi connectivity index (χ0) is 14.3. The van der Waals surface area contributed by atoms with Gasteiger partial charge < -0.3 is 5.32 Å². The van der Waals surface area contributed by atoms with E-state index < -0.39 is 0 Å². The predicted molar refractivity (Wildman–Crippen MR) is 78.7 cm³/mol. The summed E-state index contributed by atoms with van der Waals surface area (Å²) < 4.78 is 13.2. The van der Waals surface area contributed by atoms with Crippen LogP contribution in [-0.2, 0) is 6.42 Å². The fourth-order valence-corrected chi connectivity index (χ4v) is 3.58. The van der Waals surface area contributed by atoms with Gasteiger partial charge in [-0.3, -0.25) is 0 Å². The number of rotatable bonds is 3. The molecular formula is C17H26FN. The highest BCUT2D eigenvalue weighted by molar-refractivity contribution is 5.35. The van der Waals surface area contributed by atoms with Crippen LogP contribution in [0, 0.1) is 11.2 Å². The normalized spacial score (nSPS) is 19.6. The summed E-state index contributed by atoms with van der Waals surface area (Å²) in [5.41, 5.74) is 2.85. The number of fused-ring (bicyclic) bond motifs is 1. The lowest BCUT2D eigenvalue weighted by Crippen LogP contribution is -2.43. The van der Waals surface area contributed by atoms with Crippen molar-refractivity contribution in [2.45, 2.75) is 65.5 Å². The van der Waals surface area contributed by atoms with Crippen LogP contribution in [0.1, 0.15) is 64.6 Å². The molecule has 19 heavy (non-hydrogen) atoms. The largest absolute Gasteiger partial charge is 0.305 e. The number of halogens is 1. The first-order valence-electron chi connectivity index (χ1n) is 7.22. The van der Waals surface area contributed by atoms with Gasteiger partial charge in [0.2, 0.25) is 0 Å². The maximum Gasteiger partial charge on any atom is 0.123 e. The quantitative estimate of drug-likeness (QED) is 0.839. The van der Waals surface area contributed by atoms with Crippen LogP contribution in [0.25, 0.3) is 0 Å². The molecule has 0 radical (unpaired) electrons. The molecule has 2 rings (SSSR count). The Morgan fingerprint density at radius 2 is 1.89 bits per heavy atom. The van der Waals surface area contributed by atoms with Crippen molar-refractivity contribution < 1.29 is 4.39 Å². The van der Waals surface area contributed by atoms with E-state index in [9.17, 15) is 4.39 Å². The third-order valence-electron chi connectivity index (χ3n) is 3.72. The van der Waals surface area contributed by atoms with Crippen molar-refractivity contribution in [2.75, 3.05) is 0 Å². The lowest BCUT2D eigenvalue weighted by molar-refractivity contribution is 0.222. The first kappa shape index (κ1) is 14.5. The van der Waals surface area contributed by atoms with Crippen LogP contribution in [0.5, 0.6) is 0 Å². The predicted octanol–water partition coefficient (Wildman–Crippen LogP) is 4.62. The minimum Gasteiger partial charge on any atom is -0.305 e. The summed E-state index contributed by atoms with van der Waals surface area (Å²) in [4.78, 5) is 0. The highest BCUT2D eigenvalue weighted by atomic mass is 19.1. The van der Waals surface area contributed by atoms with Crippen LogP contribution >= 0.6 is 0 Å². The second-order valence-electron chi connectivity index (χ2n) is 7.70.